The van der Waals surface area contributed by atoms with Crippen molar-refractivity contribution in [3.8, 4) is 0 Å². The molecule has 5 heteroatoms. The molecule has 3 fully saturated rings. The SMILES string of the molecule is CCNC(=NCc1ccc(CN2CCCC2)cc1)NC1C2CCOC2C1(C)C. The van der Waals surface area contributed by atoms with Crippen molar-refractivity contribution in [2.75, 3.05) is 26.2 Å². The van der Waals surface area contributed by atoms with Gasteiger partial charge in [-0.1, -0.05) is 38.1 Å². The van der Waals surface area contributed by atoms with Crippen LogP contribution in [0.15, 0.2) is 29.3 Å². The number of hydrogen-bond acceptors (Lipinski definition) is 3. The molecule has 0 radical (unpaired) electrons. The zero-order valence-electron chi connectivity index (χ0n) is 17.7. The fraction of sp³-hybridized carbons (Fsp3) is 0.696. The number of aliphatic imine (C=N–C) groups is 1. The van der Waals surface area contributed by atoms with E-state index < -0.39 is 0 Å². The van der Waals surface area contributed by atoms with Gasteiger partial charge in [-0.2, -0.15) is 0 Å². The van der Waals surface area contributed by atoms with Gasteiger partial charge < -0.3 is 15.4 Å². The number of guanidine groups is 1. The molecule has 2 N–H and O–H groups in total. The Morgan fingerprint density at radius 2 is 1.89 bits per heavy atom. The standard InChI is InChI=1S/C23H36N4O/c1-4-24-22(26-20-19-11-14-28-21(19)23(20,2)3)25-15-17-7-9-18(10-8-17)16-27-12-5-6-13-27/h7-10,19-21H,4-6,11-16H2,1-3H3,(H2,24,25,26). The minimum Gasteiger partial charge on any atom is -0.377 e. The Balaban J connectivity index is 1.35. The third-order valence-electron chi connectivity index (χ3n) is 6.78. The summed E-state index contributed by atoms with van der Waals surface area (Å²) in [6.45, 7) is 12.8. The Morgan fingerprint density at radius 3 is 2.61 bits per heavy atom. The molecule has 4 rings (SSSR count). The summed E-state index contributed by atoms with van der Waals surface area (Å²) in [6, 6.07) is 9.41. The van der Waals surface area contributed by atoms with E-state index in [2.05, 4.69) is 60.6 Å². The molecule has 3 aliphatic rings. The minimum atomic E-state index is 0.161. The smallest absolute Gasteiger partial charge is 0.191 e. The maximum absolute atomic E-state index is 5.92. The van der Waals surface area contributed by atoms with Crippen LogP contribution in [0, 0.1) is 11.3 Å². The lowest BCUT2D eigenvalue weighted by Crippen LogP contribution is -2.67. The van der Waals surface area contributed by atoms with Gasteiger partial charge >= 0.3 is 0 Å². The summed E-state index contributed by atoms with van der Waals surface area (Å²) in [5.41, 5.74) is 2.83. The number of likely N-dealkylation sites (tertiary alicyclic amines) is 1. The monoisotopic (exact) mass is 384 g/mol. The Labute approximate surface area is 169 Å². The van der Waals surface area contributed by atoms with E-state index in [4.69, 9.17) is 9.73 Å². The van der Waals surface area contributed by atoms with Gasteiger partial charge in [0.2, 0.25) is 0 Å². The van der Waals surface area contributed by atoms with Crippen LogP contribution in [0.2, 0.25) is 0 Å². The van der Waals surface area contributed by atoms with Gasteiger partial charge in [-0.25, -0.2) is 4.99 Å². The number of nitrogens with one attached hydrogen (secondary N) is 2. The highest BCUT2D eigenvalue weighted by molar-refractivity contribution is 5.80. The first-order chi connectivity index (χ1) is 13.6. The second kappa shape index (κ2) is 8.42. The van der Waals surface area contributed by atoms with Gasteiger partial charge in [0.1, 0.15) is 0 Å². The summed E-state index contributed by atoms with van der Waals surface area (Å²) < 4.78 is 5.92. The fourth-order valence-electron chi connectivity index (χ4n) is 5.20. The molecule has 5 nitrogen and oxygen atoms in total. The maximum atomic E-state index is 5.92. The summed E-state index contributed by atoms with van der Waals surface area (Å²) in [7, 11) is 0. The lowest BCUT2D eigenvalue weighted by atomic mass is 9.57. The molecule has 3 unspecified atom stereocenters. The second-order valence-corrected chi connectivity index (χ2v) is 9.18. The number of fused-ring (bicyclic) bond motifs is 1. The zero-order valence-corrected chi connectivity index (χ0v) is 17.7. The molecule has 2 saturated heterocycles. The van der Waals surface area contributed by atoms with E-state index in [0.717, 1.165) is 32.1 Å². The van der Waals surface area contributed by atoms with Crippen molar-refractivity contribution in [1.82, 2.24) is 15.5 Å². The van der Waals surface area contributed by atoms with Crippen LogP contribution in [0.5, 0.6) is 0 Å². The van der Waals surface area contributed by atoms with Crippen LogP contribution in [0.4, 0.5) is 0 Å². The van der Waals surface area contributed by atoms with E-state index >= 15 is 0 Å². The third-order valence-corrected chi connectivity index (χ3v) is 6.78. The van der Waals surface area contributed by atoms with Crippen molar-refractivity contribution in [3.63, 3.8) is 0 Å². The number of rotatable bonds is 6. The second-order valence-electron chi connectivity index (χ2n) is 9.18. The fourth-order valence-corrected chi connectivity index (χ4v) is 5.20. The topological polar surface area (TPSA) is 48.9 Å². The minimum absolute atomic E-state index is 0.161. The van der Waals surface area contributed by atoms with Crippen LogP contribution >= 0.6 is 0 Å². The normalized spacial score (nSPS) is 29.4. The van der Waals surface area contributed by atoms with E-state index in [0.29, 0.717) is 24.6 Å². The van der Waals surface area contributed by atoms with Crippen LogP contribution in [0.25, 0.3) is 0 Å². The molecule has 154 valence electrons. The van der Waals surface area contributed by atoms with Gasteiger partial charge in [0.15, 0.2) is 5.96 Å². The van der Waals surface area contributed by atoms with Gasteiger partial charge in [-0.05, 0) is 50.4 Å². The Bertz CT molecular complexity index is 678. The number of ether oxygens (including phenoxy) is 1. The average molecular weight is 385 g/mol. The Hall–Kier alpha value is -1.59. The molecule has 0 amide bonds. The number of benzene rings is 1. The van der Waals surface area contributed by atoms with E-state index in [9.17, 15) is 0 Å². The van der Waals surface area contributed by atoms with Crippen molar-refractivity contribution in [2.24, 2.45) is 16.3 Å². The number of nitrogens with zero attached hydrogens (tertiary/aromatic N) is 2. The third kappa shape index (κ3) is 4.06. The Kier molecular flexibility index (Phi) is 5.93. The van der Waals surface area contributed by atoms with E-state index in [1.54, 1.807) is 0 Å². The Morgan fingerprint density at radius 1 is 1.18 bits per heavy atom. The number of hydrogen-bond donors (Lipinski definition) is 2. The van der Waals surface area contributed by atoms with Crippen molar-refractivity contribution in [1.29, 1.82) is 0 Å². The maximum Gasteiger partial charge on any atom is 0.191 e. The molecule has 0 aromatic heterocycles. The highest BCUT2D eigenvalue weighted by atomic mass is 16.5. The van der Waals surface area contributed by atoms with Gasteiger partial charge in [-0.15, -0.1) is 0 Å². The van der Waals surface area contributed by atoms with Gasteiger partial charge in [0.25, 0.3) is 0 Å². The lowest BCUT2D eigenvalue weighted by Gasteiger charge is -2.54. The van der Waals surface area contributed by atoms with Crippen LogP contribution in [-0.4, -0.2) is 49.2 Å². The molecule has 3 atom stereocenters. The first kappa shape index (κ1) is 19.7. The molecule has 28 heavy (non-hydrogen) atoms. The summed E-state index contributed by atoms with van der Waals surface area (Å²) in [4.78, 5) is 7.40. The van der Waals surface area contributed by atoms with Crippen LogP contribution < -0.4 is 10.6 Å². The summed E-state index contributed by atoms with van der Waals surface area (Å²) in [5, 5.41) is 7.12. The summed E-state index contributed by atoms with van der Waals surface area (Å²) in [5.74, 6) is 1.54. The predicted molar refractivity (Wildman–Crippen MR) is 114 cm³/mol. The van der Waals surface area contributed by atoms with Gasteiger partial charge in [0.05, 0.1) is 12.6 Å². The zero-order chi connectivity index (χ0) is 19.6. The first-order valence-corrected chi connectivity index (χ1v) is 11.0. The van der Waals surface area contributed by atoms with E-state index in [-0.39, 0.29) is 5.41 Å². The summed E-state index contributed by atoms with van der Waals surface area (Å²) >= 11 is 0. The molecule has 1 aromatic rings. The van der Waals surface area contributed by atoms with Crippen LogP contribution in [-0.2, 0) is 17.8 Å². The molecular weight excluding hydrogens is 348 g/mol. The summed E-state index contributed by atoms with van der Waals surface area (Å²) in [6.07, 6.45) is 4.25. The van der Waals surface area contributed by atoms with E-state index in [1.165, 1.54) is 37.1 Å². The molecule has 1 saturated carbocycles. The largest absolute Gasteiger partial charge is 0.377 e. The van der Waals surface area contributed by atoms with Crippen molar-refractivity contribution in [2.45, 2.75) is 65.3 Å². The van der Waals surface area contributed by atoms with Gasteiger partial charge in [-0.3, -0.25) is 4.90 Å². The van der Waals surface area contributed by atoms with E-state index in [1.807, 2.05) is 0 Å². The lowest BCUT2D eigenvalue weighted by molar-refractivity contribution is -0.106. The molecule has 1 aromatic carbocycles. The highest BCUT2D eigenvalue weighted by Gasteiger charge is 2.59. The van der Waals surface area contributed by atoms with Crippen LogP contribution in [0.3, 0.4) is 0 Å². The van der Waals surface area contributed by atoms with Crippen molar-refractivity contribution < 1.29 is 4.74 Å². The highest BCUT2D eigenvalue weighted by Crippen LogP contribution is 2.52. The molecule has 0 bridgehead atoms. The van der Waals surface area contributed by atoms with Crippen LogP contribution in [0.1, 0.15) is 51.2 Å². The average Bonchev–Trinajstić information content (AvgIpc) is 3.36. The first-order valence-electron chi connectivity index (χ1n) is 11.0. The van der Waals surface area contributed by atoms with Crippen molar-refractivity contribution in [3.05, 3.63) is 35.4 Å². The molecule has 2 aliphatic heterocycles. The van der Waals surface area contributed by atoms with Crippen molar-refractivity contribution >= 4 is 5.96 Å². The molecule has 0 spiro atoms. The quantitative estimate of drug-likeness (QED) is 0.584. The van der Waals surface area contributed by atoms with Gasteiger partial charge in [0, 0.05) is 37.1 Å². The molecule has 2 heterocycles. The molecule has 1 aliphatic carbocycles. The molecular formula is C23H36N4O. The predicted octanol–water partition coefficient (Wildman–Crippen LogP) is 3.15.